The minimum atomic E-state index is -0.256. The number of hydrogen-bond donors (Lipinski definition) is 2. The monoisotopic (exact) mass is 317 g/mol. The molecule has 0 aliphatic rings. The summed E-state index contributed by atoms with van der Waals surface area (Å²) in [6.07, 6.45) is 0. The molecule has 4 heteroatoms. The van der Waals surface area contributed by atoms with Gasteiger partial charge in [-0.1, -0.05) is 54.1 Å². The van der Waals surface area contributed by atoms with Crippen molar-refractivity contribution in [3.05, 3.63) is 90.5 Å². The fourth-order valence-corrected chi connectivity index (χ4v) is 2.27. The van der Waals surface area contributed by atoms with Crippen LogP contribution in [0.15, 0.2) is 84.9 Å². The third-order valence-electron chi connectivity index (χ3n) is 3.54. The maximum Gasteiger partial charge on any atom is 0.345 e. The Morgan fingerprint density at radius 1 is 0.750 bits per heavy atom. The van der Waals surface area contributed by atoms with E-state index < -0.39 is 0 Å². The Balaban J connectivity index is 1.83. The molecule has 0 fully saturated rings. The van der Waals surface area contributed by atoms with Gasteiger partial charge in [0.2, 0.25) is 0 Å². The summed E-state index contributed by atoms with van der Waals surface area (Å²) in [6, 6.07) is 26.5. The van der Waals surface area contributed by atoms with Crippen molar-refractivity contribution in [1.29, 1.82) is 0 Å². The van der Waals surface area contributed by atoms with Crippen molar-refractivity contribution in [3.8, 4) is 0 Å². The zero-order valence-corrected chi connectivity index (χ0v) is 13.4. The first-order valence-electron chi connectivity index (χ1n) is 7.77. The average molecular weight is 317 g/mol. The predicted octanol–water partition coefficient (Wildman–Crippen LogP) is 5.06. The molecule has 0 atom stereocenters. The molecule has 4 nitrogen and oxygen atoms in total. The molecule has 0 aromatic heterocycles. The molecule has 3 rings (SSSR count). The standard InChI is InChI=1S/C20H19N3O/c1-16-12-14-17(15-13-16)21-20(24)23(19-10-6-3-7-11-19)22-18-8-4-2-5-9-18/h2-15,22H,1H3,(H,21,24). The highest BCUT2D eigenvalue weighted by Gasteiger charge is 2.16. The molecule has 0 aliphatic carbocycles. The van der Waals surface area contributed by atoms with Crippen LogP contribution in [-0.4, -0.2) is 6.03 Å². The van der Waals surface area contributed by atoms with Gasteiger partial charge in [-0.15, -0.1) is 0 Å². The molecule has 0 unspecified atom stereocenters. The second kappa shape index (κ2) is 7.33. The second-order valence-corrected chi connectivity index (χ2v) is 5.44. The van der Waals surface area contributed by atoms with E-state index in [-0.39, 0.29) is 6.03 Å². The van der Waals surface area contributed by atoms with Gasteiger partial charge < -0.3 is 5.32 Å². The van der Waals surface area contributed by atoms with Gasteiger partial charge in [-0.2, -0.15) is 0 Å². The van der Waals surface area contributed by atoms with Crippen molar-refractivity contribution < 1.29 is 4.79 Å². The van der Waals surface area contributed by atoms with Crippen LogP contribution in [0.25, 0.3) is 0 Å². The van der Waals surface area contributed by atoms with Gasteiger partial charge in [0.25, 0.3) is 0 Å². The van der Waals surface area contributed by atoms with Crippen molar-refractivity contribution in [1.82, 2.24) is 0 Å². The third-order valence-corrected chi connectivity index (χ3v) is 3.54. The number of urea groups is 1. The number of nitrogens with zero attached hydrogens (tertiary/aromatic N) is 1. The van der Waals surface area contributed by atoms with Gasteiger partial charge in [0.15, 0.2) is 0 Å². The number of carbonyl (C=O) groups is 1. The minimum Gasteiger partial charge on any atom is -0.306 e. The van der Waals surface area contributed by atoms with Crippen LogP contribution < -0.4 is 15.8 Å². The highest BCUT2D eigenvalue weighted by atomic mass is 16.2. The largest absolute Gasteiger partial charge is 0.345 e. The number of carbonyl (C=O) groups excluding carboxylic acids is 1. The molecule has 2 N–H and O–H groups in total. The van der Waals surface area contributed by atoms with Crippen molar-refractivity contribution in [2.45, 2.75) is 6.92 Å². The number of para-hydroxylation sites is 2. The molecule has 0 spiro atoms. The molecule has 3 aromatic carbocycles. The molecule has 2 amide bonds. The number of anilines is 3. The molecule has 0 saturated carbocycles. The Hall–Kier alpha value is -3.27. The van der Waals surface area contributed by atoms with E-state index in [0.29, 0.717) is 0 Å². The number of hydrazine groups is 1. The fraction of sp³-hybridized carbons (Fsp3) is 0.0500. The Kier molecular flexibility index (Phi) is 4.77. The summed E-state index contributed by atoms with van der Waals surface area (Å²) in [6.45, 7) is 2.01. The molecule has 24 heavy (non-hydrogen) atoms. The van der Waals surface area contributed by atoms with E-state index in [0.717, 1.165) is 22.6 Å². The summed E-state index contributed by atoms with van der Waals surface area (Å²) in [5.74, 6) is 0. The van der Waals surface area contributed by atoms with Crippen molar-refractivity contribution in [2.75, 3.05) is 15.8 Å². The lowest BCUT2D eigenvalue weighted by atomic mass is 10.2. The molecule has 0 heterocycles. The van der Waals surface area contributed by atoms with Crippen LogP contribution in [0, 0.1) is 6.92 Å². The van der Waals surface area contributed by atoms with E-state index in [2.05, 4.69) is 10.7 Å². The Bertz CT molecular complexity index is 786. The molecule has 3 aromatic rings. The molecule has 0 saturated heterocycles. The highest BCUT2D eigenvalue weighted by Crippen LogP contribution is 2.18. The van der Waals surface area contributed by atoms with Crippen LogP contribution in [0.2, 0.25) is 0 Å². The normalized spacial score (nSPS) is 10.0. The number of rotatable bonds is 4. The quantitative estimate of drug-likeness (QED) is 0.661. The third kappa shape index (κ3) is 3.93. The SMILES string of the molecule is Cc1ccc(NC(=O)N(Nc2ccccc2)c2ccccc2)cc1. The van der Waals surface area contributed by atoms with E-state index >= 15 is 0 Å². The van der Waals surface area contributed by atoms with Gasteiger partial charge in [0.05, 0.1) is 11.4 Å². The summed E-state index contributed by atoms with van der Waals surface area (Å²) < 4.78 is 0. The maximum atomic E-state index is 12.8. The van der Waals surface area contributed by atoms with Crippen molar-refractivity contribution >= 4 is 23.1 Å². The van der Waals surface area contributed by atoms with E-state index in [1.165, 1.54) is 5.01 Å². The summed E-state index contributed by atoms with van der Waals surface area (Å²) in [4.78, 5) is 12.8. The van der Waals surface area contributed by atoms with Gasteiger partial charge in [-0.3, -0.25) is 5.43 Å². The first-order chi connectivity index (χ1) is 11.7. The van der Waals surface area contributed by atoms with E-state index in [4.69, 9.17) is 0 Å². The van der Waals surface area contributed by atoms with Gasteiger partial charge in [0.1, 0.15) is 0 Å². The smallest absolute Gasteiger partial charge is 0.306 e. The van der Waals surface area contributed by atoms with Gasteiger partial charge in [-0.25, -0.2) is 9.80 Å². The van der Waals surface area contributed by atoms with E-state index in [9.17, 15) is 4.79 Å². The van der Waals surface area contributed by atoms with Crippen molar-refractivity contribution in [3.63, 3.8) is 0 Å². The Morgan fingerprint density at radius 2 is 1.33 bits per heavy atom. The minimum absolute atomic E-state index is 0.256. The lowest BCUT2D eigenvalue weighted by Crippen LogP contribution is -2.39. The fourth-order valence-electron chi connectivity index (χ4n) is 2.27. The van der Waals surface area contributed by atoms with Crippen LogP contribution in [0.3, 0.4) is 0 Å². The topological polar surface area (TPSA) is 44.4 Å². The lowest BCUT2D eigenvalue weighted by molar-refractivity contribution is 0.258. The van der Waals surface area contributed by atoms with Gasteiger partial charge >= 0.3 is 6.03 Å². The van der Waals surface area contributed by atoms with Crippen LogP contribution in [-0.2, 0) is 0 Å². The molecule has 120 valence electrons. The summed E-state index contributed by atoms with van der Waals surface area (Å²) in [5, 5.41) is 4.41. The van der Waals surface area contributed by atoms with E-state index in [1.807, 2.05) is 91.9 Å². The Morgan fingerprint density at radius 3 is 1.96 bits per heavy atom. The number of benzene rings is 3. The molecule has 0 aliphatic heterocycles. The highest BCUT2D eigenvalue weighted by molar-refractivity contribution is 6.03. The zero-order valence-electron chi connectivity index (χ0n) is 13.4. The predicted molar refractivity (Wildman–Crippen MR) is 99.2 cm³/mol. The maximum absolute atomic E-state index is 12.8. The molecular weight excluding hydrogens is 298 g/mol. The molecule has 0 bridgehead atoms. The van der Waals surface area contributed by atoms with Gasteiger partial charge in [0, 0.05) is 5.69 Å². The zero-order chi connectivity index (χ0) is 16.8. The summed E-state index contributed by atoms with van der Waals surface area (Å²) in [5.41, 5.74) is 6.64. The Labute approximate surface area is 141 Å². The van der Waals surface area contributed by atoms with Crippen molar-refractivity contribution in [2.24, 2.45) is 0 Å². The first kappa shape index (κ1) is 15.6. The van der Waals surface area contributed by atoms with Crippen LogP contribution in [0.4, 0.5) is 21.9 Å². The van der Waals surface area contributed by atoms with Crippen LogP contribution >= 0.6 is 0 Å². The summed E-state index contributed by atoms with van der Waals surface area (Å²) >= 11 is 0. The summed E-state index contributed by atoms with van der Waals surface area (Å²) in [7, 11) is 0. The number of aryl methyl sites for hydroxylation is 1. The lowest BCUT2D eigenvalue weighted by Gasteiger charge is -2.24. The number of amides is 2. The molecule has 0 radical (unpaired) electrons. The van der Waals surface area contributed by atoms with Crippen LogP contribution in [0.5, 0.6) is 0 Å². The van der Waals surface area contributed by atoms with Gasteiger partial charge in [-0.05, 0) is 43.3 Å². The first-order valence-corrected chi connectivity index (χ1v) is 7.77. The number of nitrogens with one attached hydrogen (secondary N) is 2. The second-order valence-electron chi connectivity index (χ2n) is 5.44. The average Bonchev–Trinajstić information content (AvgIpc) is 2.63. The van der Waals surface area contributed by atoms with E-state index in [1.54, 1.807) is 0 Å². The van der Waals surface area contributed by atoms with Crippen LogP contribution in [0.1, 0.15) is 5.56 Å². The molecular formula is C20H19N3O. The number of hydrogen-bond acceptors (Lipinski definition) is 2.